The zero-order valence-electron chi connectivity index (χ0n) is 9.31. The van der Waals surface area contributed by atoms with Crippen LogP contribution in [-0.2, 0) is 0 Å². The van der Waals surface area contributed by atoms with Crippen molar-refractivity contribution in [2.45, 2.75) is 0 Å². The number of nitrogens with zero attached hydrogens (tertiary/aromatic N) is 1. The van der Waals surface area contributed by atoms with E-state index in [0.717, 1.165) is 14.3 Å². The van der Waals surface area contributed by atoms with Crippen molar-refractivity contribution >= 4 is 62.0 Å². The molecule has 2 heterocycles. The van der Waals surface area contributed by atoms with Crippen LogP contribution in [0, 0.1) is 0 Å². The molecule has 96 valence electrons. The number of rotatable bonds is 1. The van der Waals surface area contributed by atoms with Crippen molar-refractivity contribution in [2.24, 2.45) is 0 Å². The van der Waals surface area contributed by atoms with Crippen molar-refractivity contribution in [3.63, 3.8) is 0 Å². The van der Waals surface area contributed by atoms with Crippen LogP contribution in [0.5, 0.6) is 0 Å². The van der Waals surface area contributed by atoms with Crippen LogP contribution in [0.1, 0.15) is 0 Å². The third kappa shape index (κ3) is 2.43. The fourth-order valence-electron chi connectivity index (χ4n) is 1.75. The monoisotopic (exact) mass is 448 g/mol. The number of halogens is 2. The molecule has 0 saturated carbocycles. The minimum absolute atomic E-state index is 0.0224. The molecule has 0 amide bonds. The Morgan fingerprint density at radius 3 is 2.74 bits per heavy atom. The molecule has 7 heteroatoms. The zero-order valence-corrected chi connectivity index (χ0v) is 14.2. The number of fused-ring (bicyclic) bond motifs is 1. The first-order valence-corrected chi connectivity index (χ1v) is 8.62. The van der Waals surface area contributed by atoms with E-state index < -0.39 is 5.63 Å². The Morgan fingerprint density at radius 1 is 1.26 bits per heavy atom. The Morgan fingerprint density at radius 2 is 2.05 bits per heavy atom. The van der Waals surface area contributed by atoms with E-state index in [0.29, 0.717) is 21.5 Å². The number of nitrogens with two attached hydrogens (primary N) is 1. The first-order valence-electron chi connectivity index (χ1n) is 5.19. The third-order valence-electron chi connectivity index (χ3n) is 2.55. The molecule has 0 aliphatic heterocycles. The summed E-state index contributed by atoms with van der Waals surface area (Å²) in [4.78, 5) is 18.1. The molecule has 2 N–H and O–H groups in total. The van der Waals surface area contributed by atoms with Gasteiger partial charge in [0.25, 0.3) is 0 Å². The zero-order chi connectivity index (χ0) is 13.6. The summed E-state index contributed by atoms with van der Waals surface area (Å²) in [5.74, 6) is 0. The second-order valence-corrected chi connectivity index (χ2v) is 7.46. The maximum atomic E-state index is 12.0. The van der Waals surface area contributed by atoms with Crippen molar-refractivity contribution in [1.82, 2.24) is 4.98 Å². The molecule has 0 fully saturated rings. The Bertz CT molecular complexity index is 841. The molecule has 3 aromatic rings. The summed E-state index contributed by atoms with van der Waals surface area (Å²) in [5, 5.41) is 0.824. The van der Waals surface area contributed by atoms with Crippen molar-refractivity contribution < 1.29 is 4.42 Å². The predicted octanol–water partition coefficient (Wildman–Crippen LogP) is 3.02. The Labute approximate surface area is 130 Å². The number of hydrogen-bond donors (Lipinski definition) is 1. The van der Waals surface area contributed by atoms with Gasteiger partial charge in [0.2, 0.25) is 0 Å². The summed E-state index contributed by atoms with van der Waals surface area (Å²) in [6, 6.07) is 5.50. The quantitative estimate of drug-likeness (QED) is 0.459. The van der Waals surface area contributed by atoms with Crippen LogP contribution in [0.15, 0.2) is 41.3 Å². The molecule has 2 aromatic heterocycles. The topological polar surface area (TPSA) is 69.1 Å². The Balaban J connectivity index is 2.33. The van der Waals surface area contributed by atoms with Gasteiger partial charge in [-0.2, -0.15) is 0 Å². The first-order chi connectivity index (χ1) is 9.04. The maximum absolute atomic E-state index is 12.0. The van der Waals surface area contributed by atoms with Crippen LogP contribution in [0.3, 0.4) is 0 Å². The molecule has 0 aliphatic carbocycles. The van der Waals surface area contributed by atoms with E-state index in [-0.39, 0.29) is 14.5 Å². The minimum atomic E-state index is -0.406. The number of hydrogen-bond acceptors (Lipinski definition) is 4. The van der Waals surface area contributed by atoms with Crippen molar-refractivity contribution in [1.29, 1.82) is 0 Å². The summed E-state index contributed by atoms with van der Waals surface area (Å²) in [7, 11) is 0. The van der Waals surface area contributed by atoms with Gasteiger partial charge in [-0.15, -0.1) is 0 Å². The van der Waals surface area contributed by atoms with Crippen LogP contribution >= 0.6 is 31.9 Å². The second-order valence-electron chi connectivity index (χ2n) is 3.82. The van der Waals surface area contributed by atoms with E-state index in [4.69, 9.17) is 10.2 Å². The van der Waals surface area contributed by atoms with Gasteiger partial charge in [-0.25, -0.2) is 0 Å². The summed E-state index contributed by atoms with van der Waals surface area (Å²) in [5.41, 5.74) is 6.82. The molecular formula is C12H6Br2N2O2Se. The van der Waals surface area contributed by atoms with E-state index in [1.165, 1.54) is 0 Å². The number of nitrogen functional groups attached to an aromatic ring is 1. The number of aromatic nitrogens is 1. The van der Waals surface area contributed by atoms with Crippen LogP contribution < -0.4 is 11.4 Å². The summed E-state index contributed by atoms with van der Waals surface area (Å²) >= 11 is 6.81. The van der Waals surface area contributed by atoms with Crippen LogP contribution in [0.4, 0.5) is 4.69 Å². The molecule has 0 bridgehead atoms. The fraction of sp³-hybridized carbons (Fsp3) is 0. The molecule has 1 aromatic carbocycles. The Hall–Kier alpha value is -0.881. The fourth-order valence-corrected chi connectivity index (χ4v) is 4.27. The molecule has 0 unspecified atom stereocenters. The van der Waals surface area contributed by atoms with Crippen molar-refractivity contribution in [3.8, 4) is 11.3 Å². The molecule has 0 spiro atoms. The van der Waals surface area contributed by atoms with E-state index in [1.54, 1.807) is 6.07 Å². The van der Waals surface area contributed by atoms with E-state index in [2.05, 4.69) is 36.8 Å². The van der Waals surface area contributed by atoms with Gasteiger partial charge in [0.1, 0.15) is 0 Å². The second kappa shape index (κ2) is 4.90. The molecule has 4 nitrogen and oxygen atoms in total. The third-order valence-corrected chi connectivity index (χ3v) is 5.01. The van der Waals surface area contributed by atoms with Gasteiger partial charge >= 0.3 is 131 Å². The standard InChI is InChI=1S/C12H6Br2N2O2Se/c13-6-1-5-2-7(9-4-19-12(15)16-9)11(17)18-10(5)8(14)3-6/h1-4H,(H2,15,16). The molecule has 0 saturated heterocycles. The van der Waals surface area contributed by atoms with Gasteiger partial charge in [-0.3, -0.25) is 0 Å². The van der Waals surface area contributed by atoms with Gasteiger partial charge in [0.15, 0.2) is 0 Å². The van der Waals surface area contributed by atoms with Gasteiger partial charge in [-0.1, -0.05) is 0 Å². The average molecular weight is 449 g/mol. The number of anilines is 1. The van der Waals surface area contributed by atoms with Crippen LogP contribution in [0.2, 0.25) is 0 Å². The molecular weight excluding hydrogens is 443 g/mol. The summed E-state index contributed by atoms with van der Waals surface area (Å²) in [6.45, 7) is 0. The number of benzene rings is 1. The molecule has 0 aliphatic rings. The SMILES string of the molecule is Nc1nc(-c2cc3cc(Br)cc(Br)c3oc2=O)c[se]1. The molecule has 0 atom stereocenters. The van der Waals surface area contributed by atoms with E-state index in [9.17, 15) is 4.79 Å². The molecule has 0 radical (unpaired) electrons. The Kier molecular flexibility index (Phi) is 3.39. The summed E-state index contributed by atoms with van der Waals surface area (Å²) in [6.07, 6.45) is 0. The van der Waals surface area contributed by atoms with Gasteiger partial charge < -0.3 is 0 Å². The van der Waals surface area contributed by atoms with E-state index >= 15 is 0 Å². The first kappa shape index (κ1) is 13.1. The summed E-state index contributed by atoms with van der Waals surface area (Å²) < 4.78 is 7.56. The average Bonchev–Trinajstić information content (AvgIpc) is 2.76. The molecule has 19 heavy (non-hydrogen) atoms. The van der Waals surface area contributed by atoms with E-state index in [1.807, 2.05) is 17.1 Å². The normalized spacial score (nSPS) is 11.1. The van der Waals surface area contributed by atoms with Crippen LogP contribution in [-0.4, -0.2) is 19.5 Å². The van der Waals surface area contributed by atoms with Gasteiger partial charge in [0.05, 0.1) is 0 Å². The van der Waals surface area contributed by atoms with Gasteiger partial charge in [0, 0.05) is 0 Å². The van der Waals surface area contributed by atoms with Gasteiger partial charge in [-0.05, 0) is 0 Å². The van der Waals surface area contributed by atoms with Crippen LogP contribution in [0.25, 0.3) is 22.2 Å². The van der Waals surface area contributed by atoms with Crippen molar-refractivity contribution in [2.75, 3.05) is 5.73 Å². The predicted molar refractivity (Wildman–Crippen MR) is 82.5 cm³/mol. The van der Waals surface area contributed by atoms with Crippen molar-refractivity contribution in [3.05, 3.63) is 42.5 Å². The molecule has 3 rings (SSSR count).